The first kappa shape index (κ1) is 13.2. The largest absolute Gasteiger partial charge is 0.399 e. The average Bonchev–Trinajstić information content (AvgIpc) is 2.79. The minimum absolute atomic E-state index is 0.192. The van der Waals surface area contributed by atoms with Gasteiger partial charge in [-0.05, 0) is 37.0 Å². The number of nitrogens with two attached hydrogens (primary N) is 1. The molecule has 0 unspecified atom stereocenters. The lowest BCUT2D eigenvalue weighted by molar-refractivity contribution is 0.520. The third-order valence-corrected chi connectivity index (χ3v) is 3.61. The van der Waals surface area contributed by atoms with Crippen LogP contribution in [0.25, 0.3) is 0 Å². The van der Waals surface area contributed by atoms with Crippen LogP contribution in [0.2, 0.25) is 0 Å². The Kier molecular flexibility index (Phi) is 4.10. The molecule has 0 aliphatic heterocycles. The van der Waals surface area contributed by atoms with E-state index in [1.54, 1.807) is 6.07 Å². The van der Waals surface area contributed by atoms with Crippen LogP contribution in [-0.2, 0) is 0 Å². The van der Waals surface area contributed by atoms with Gasteiger partial charge in [-0.3, -0.25) is 0 Å². The molecule has 3 heteroatoms. The summed E-state index contributed by atoms with van der Waals surface area (Å²) in [6, 6.07) is 5.54. The summed E-state index contributed by atoms with van der Waals surface area (Å²) in [6.45, 7) is 5.26. The molecule has 100 valence electrons. The number of anilines is 2. The van der Waals surface area contributed by atoms with Gasteiger partial charge >= 0.3 is 0 Å². The molecule has 0 heterocycles. The Labute approximate surface area is 109 Å². The number of benzene rings is 1. The maximum atomic E-state index is 14.1. The highest BCUT2D eigenvalue weighted by atomic mass is 19.1. The van der Waals surface area contributed by atoms with E-state index in [4.69, 9.17) is 5.73 Å². The second-order valence-electron chi connectivity index (χ2n) is 5.70. The van der Waals surface area contributed by atoms with Crippen molar-refractivity contribution in [2.45, 2.75) is 45.6 Å². The third kappa shape index (κ3) is 2.95. The molecule has 1 aromatic carbocycles. The first-order valence-electron chi connectivity index (χ1n) is 6.89. The van der Waals surface area contributed by atoms with Gasteiger partial charge < -0.3 is 10.6 Å². The monoisotopic (exact) mass is 250 g/mol. The van der Waals surface area contributed by atoms with E-state index < -0.39 is 0 Å². The SMILES string of the molecule is CC(C)CN(c1ccc(N)cc1F)C1CCCC1. The zero-order chi connectivity index (χ0) is 13.1. The fourth-order valence-corrected chi connectivity index (χ4v) is 2.81. The number of halogens is 1. The normalized spacial score (nSPS) is 16.4. The Bertz CT molecular complexity index is 397. The summed E-state index contributed by atoms with van der Waals surface area (Å²) in [5.74, 6) is 0.338. The Morgan fingerprint density at radius 3 is 2.56 bits per heavy atom. The molecule has 2 nitrogen and oxygen atoms in total. The van der Waals surface area contributed by atoms with Crippen molar-refractivity contribution in [3.05, 3.63) is 24.0 Å². The summed E-state index contributed by atoms with van der Waals surface area (Å²) < 4.78 is 14.1. The van der Waals surface area contributed by atoms with Gasteiger partial charge in [-0.25, -0.2) is 4.39 Å². The molecule has 0 amide bonds. The molecule has 1 aromatic rings. The van der Waals surface area contributed by atoms with Crippen LogP contribution in [0.1, 0.15) is 39.5 Å². The van der Waals surface area contributed by atoms with Crippen molar-refractivity contribution >= 4 is 11.4 Å². The van der Waals surface area contributed by atoms with Gasteiger partial charge in [0, 0.05) is 18.3 Å². The van der Waals surface area contributed by atoms with Gasteiger partial charge in [-0.2, -0.15) is 0 Å². The van der Waals surface area contributed by atoms with E-state index in [-0.39, 0.29) is 5.82 Å². The molecule has 1 aliphatic rings. The van der Waals surface area contributed by atoms with Crippen LogP contribution in [-0.4, -0.2) is 12.6 Å². The van der Waals surface area contributed by atoms with Gasteiger partial charge in [0.15, 0.2) is 0 Å². The molecule has 0 spiro atoms. The average molecular weight is 250 g/mol. The van der Waals surface area contributed by atoms with Crippen LogP contribution in [0.5, 0.6) is 0 Å². The van der Waals surface area contributed by atoms with E-state index in [1.165, 1.54) is 31.7 Å². The number of hydrogen-bond donors (Lipinski definition) is 1. The molecule has 18 heavy (non-hydrogen) atoms. The smallest absolute Gasteiger partial charge is 0.148 e. The summed E-state index contributed by atoms with van der Waals surface area (Å²) in [5, 5.41) is 0. The summed E-state index contributed by atoms with van der Waals surface area (Å²) >= 11 is 0. The molecule has 0 saturated heterocycles. The Morgan fingerprint density at radius 1 is 1.33 bits per heavy atom. The zero-order valence-corrected chi connectivity index (χ0v) is 11.3. The van der Waals surface area contributed by atoms with Gasteiger partial charge in [0.1, 0.15) is 5.82 Å². The van der Waals surface area contributed by atoms with E-state index in [0.29, 0.717) is 23.3 Å². The highest BCUT2D eigenvalue weighted by Gasteiger charge is 2.25. The maximum Gasteiger partial charge on any atom is 0.148 e. The van der Waals surface area contributed by atoms with Gasteiger partial charge in [0.2, 0.25) is 0 Å². The van der Waals surface area contributed by atoms with E-state index in [2.05, 4.69) is 18.7 Å². The molecule has 1 fully saturated rings. The molecule has 0 aromatic heterocycles. The highest BCUT2D eigenvalue weighted by Crippen LogP contribution is 2.31. The molecule has 1 saturated carbocycles. The van der Waals surface area contributed by atoms with E-state index in [0.717, 1.165) is 6.54 Å². The molecule has 2 N–H and O–H groups in total. The molecular formula is C15H23FN2. The Balaban J connectivity index is 2.26. The summed E-state index contributed by atoms with van der Waals surface area (Å²) in [6.07, 6.45) is 4.87. The third-order valence-electron chi connectivity index (χ3n) is 3.61. The predicted molar refractivity (Wildman–Crippen MR) is 75.3 cm³/mol. The summed E-state index contributed by atoms with van der Waals surface area (Å²) in [4.78, 5) is 2.24. The molecule has 1 aliphatic carbocycles. The molecule has 0 atom stereocenters. The summed E-state index contributed by atoms with van der Waals surface area (Å²) in [7, 11) is 0. The first-order chi connectivity index (χ1) is 8.58. The van der Waals surface area contributed by atoms with Crippen molar-refractivity contribution in [1.29, 1.82) is 0 Å². The van der Waals surface area contributed by atoms with E-state index in [9.17, 15) is 4.39 Å². The minimum Gasteiger partial charge on any atom is -0.399 e. The lowest BCUT2D eigenvalue weighted by Crippen LogP contribution is -2.36. The number of nitrogens with zero attached hydrogens (tertiary/aromatic N) is 1. The van der Waals surface area contributed by atoms with Gasteiger partial charge in [-0.1, -0.05) is 26.7 Å². The van der Waals surface area contributed by atoms with Crippen LogP contribution in [0.15, 0.2) is 18.2 Å². The second-order valence-corrected chi connectivity index (χ2v) is 5.70. The van der Waals surface area contributed by atoms with E-state index in [1.807, 2.05) is 6.07 Å². The second kappa shape index (κ2) is 5.59. The Morgan fingerprint density at radius 2 is 2.00 bits per heavy atom. The van der Waals surface area contributed by atoms with Crippen LogP contribution in [0.4, 0.5) is 15.8 Å². The van der Waals surface area contributed by atoms with Gasteiger partial charge in [0.25, 0.3) is 0 Å². The fourth-order valence-electron chi connectivity index (χ4n) is 2.81. The standard InChI is InChI=1S/C15H23FN2/c1-11(2)10-18(13-5-3-4-6-13)15-8-7-12(17)9-14(15)16/h7-9,11,13H,3-6,10,17H2,1-2H3. The van der Waals surface area contributed by atoms with Gasteiger partial charge in [-0.15, -0.1) is 0 Å². The highest BCUT2D eigenvalue weighted by molar-refractivity contribution is 5.55. The van der Waals surface area contributed by atoms with Crippen molar-refractivity contribution in [2.24, 2.45) is 5.92 Å². The van der Waals surface area contributed by atoms with Crippen LogP contribution < -0.4 is 10.6 Å². The van der Waals surface area contributed by atoms with Crippen LogP contribution >= 0.6 is 0 Å². The van der Waals surface area contributed by atoms with Crippen molar-refractivity contribution < 1.29 is 4.39 Å². The molecule has 0 bridgehead atoms. The summed E-state index contributed by atoms with van der Waals surface area (Å²) in [5.41, 5.74) is 6.83. The number of rotatable bonds is 4. The van der Waals surface area contributed by atoms with Crippen LogP contribution in [0, 0.1) is 11.7 Å². The molecule has 2 rings (SSSR count). The van der Waals surface area contributed by atoms with Crippen LogP contribution in [0.3, 0.4) is 0 Å². The quantitative estimate of drug-likeness (QED) is 0.823. The van der Waals surface area contributed by atoms with Crippen molar-refractivity contribution in [3.63, 3.8) is 0 Å². The van der Waals surface area contributed by atoms with Gasteiger partial charge in [0.05, 0.1) is 5.69 Å². The van der Waals surface area contributed by atoms with E-state index >= 15 is 0 Å². The van der Waals surface area contributed by atoms with Crippen molar-refractivity contribution in [3.8, 4) is 0 Å². The van der Waals surface area contributed by atoms with Crippen molar-refractivity contribution in [2.75, 3.05) is 17.2 Å². The molecular weight excluding hydrogens is 227 g/mol. The number of nitrogen functional groups attached to an aromatic ring is 1. The Hall–Kier alpha value is -1.25. The molecule has 0 radical (unpaired) electrons. The topological polar surface area (TPSA) is 29.3 Å². The van der Waals surface area contributed by atoms with Crippen molar-refractivity contribution in [1.82, 2.24) is 0 Å². The minimum atomic E-state index is -0.192. The maximum absolute atomic E-state index is 14.1. The lowest BCUT2D eigenvalue weighted by Gasteiger charge is -2.33. The lowest BCUT2D eigenvalue weighted by atomic mass is 10.1. The first-order valence-corrected chi connectivity index (χ1v) is 6.89. The number of hydrogen-bond acceptors (Lipinski definition) is 2. The predicted octanol–water partition coefficient (Wildman–Crippen LogP) is 3.81. The zero-order valence-electron chi connectivity index (χ0n) is 11.3. The fraction of sp³-hybridized carbons (Fsp3) is 0.600.